The van der Waals surface area contributed by atoms with Gasteiger partial charge in [-0.3, -0.25) is 9.59 Å². The molecule has 1 saturated carbocycles. The summed E-state index contributed by atoms with van der Waals surface area (Å²) in [6.07, 6.45) is 5.90. The van der Waals surface area contributed by atoms with Gasteiger partial charge in [-0.15, -0.1) is 11.3 Å². The van der Waals surface area contributed by atoms with Crippen molar-refractivity contribution in [3.05, 3.63) is 41.4 Å². The molecule has 1 aliphatic rings. The molecule has 0 saturated heterocycles. The van der Waals surface area contributed by atoms with Gasteiger partial charge in [-0.05, 0) is 42.9 Å². The minimum Gasteiger partial charge on any atom is -0.384 e. The summed E-state index contributed by atoms with van der Waals surface area (Å²) in [4.78, 5) is 38.4. The van der Waals surface area contributed by atoms with Crippen molar-refractivity contribution in [1.82, 2.24) is 25.6 Å². The van der Waals surface area contributed by atoms with E-state index in [4.69, 9.17) is 4.74 Å². The number of aromatic nitrogens is 3. The van der Waals surface area contributed by atoms with Gasteiger partial charge in [-0.2, -0.15) is 0 Å². The lowest BCUT2D eigenvalue weighted by Gasteiger charge is -2.15. The Morgan fingerprint density at radius 3 is 2.73 bits per heavy atom. The van der Waals surface area contributed by atoms with E-state index in [0.717, 1.165) is 52.1 Å². The van der Waals surface area contributed by atoms with Gasteiger partial charge in [0.25, 0.3) is 0 Å². The molecular weight excluding hydrogens is 514 g/mol. The Hall–Kier alpha value is -2.96. The van der Waals surface area contributed by atoms with E-state index in [1.165, 1.54) is 13.4 Å². The molecule has 198 valence electrons. The first kappa shape index (κ1) is 27.1. The lowest BCUT2D eigenvalue weighted by atomic mass is 9.99. The molecule has 2 N–H and O–H groups in total. The van der Waals surface area contributed by atoms with Crippen molar-refractivity contribution in [2.45, 2.75) is 44.4 Å². The number of nitrogens with zero attached hydrogens (tertiary/aromatic N) is 3. The summed E-state index contributed by atoms with van der Waals surface area (Å²) in [5.74, 6) is -1.07. The number of thiazole rings is 1. The highest BCUT2D eigenvalue weighted by molar-refractivity contribution is 7.92. The predicted octanol–water partition coefficient (Wildman–Crippen LogP) is 2.45. The first-order valence-corrected chi connectivity index (χ1v) is 14.7. The highest BCUT2D eigenvalue weighted by Gasteiger charge is 2.37. The zero-order valence-corrected chi connectivity index (χ0v) is 22.7. The maximum atomic E-state index is 13.2. The molecule has 12 heteroatoms. The summed E-state index contributed by atoms with van der Waals surface area (Å²) in [7, 11) is -2.57. The summed E-state index contributed by atoms with van der Waals surface area (Å²) >= 11 is 1.14. The molecule has 1 atom stereocenters. The van der Waals surface area contributed by atoms with E-state index in [1.54, 1.807) is 6.20 Å². The Kier molecular flexibility index (Phi) is 8.50. The van der Waals surface area contributed by atoms with E-state index >= 15 is 0 Å². The number of hydrogen-bond acceptors (Lipinski definition) is 9. The monoisotopic (exact) mass is 545 g/mol. The topological polar surface area (TPSA) is 140 Å². The Morgan fingerprint density at radius 2 is 2.03 bits per heavy atom. The van der Waals surface area contributed by atoms with Gasteiger partial charge in [0.2, 0.25) is 11.8 Å². The average Bonchev–Trinajstić information content (AvgIpc) is 3.57. The number of methoxy groups -OCH3 is 1. The van der Waals surface area contributed by atoms with Crippen LogP contribution in [0.3, 0.4) is 0 Å². The molecule has 1 unspecified atom stereocenters. The van der Waals surface area contributed by atoms with Crippen LogP contribution in [0.25, 0.3) is 21.3 Å². The largest absolute Gasteiger partial charge is 0.384 e. The number of ether oxygens (including phenoxy) is 1. The SMILES string of the molecule is COCCS(=O)(=O)C(C(=O)NCC(=O)NC1CC1)c1nc2cc(-c3cncnc3CC(C)C)ccc2s1. The van der Waals surface area contributed by atoms with Crippen LogP contribution < -0.4 is 10.6 Å². The van der Waals surface area contributed by atoms with Crippen molar-refractivity contribution >= 4 is 43.2 Å². The van der Waals surface area contributed by atoms with E-state index in [0.29, 0.717) is 11.4 Å². The van der Waals surface area contributed by atoms with E-state index in [-0.39, 0.29) is 35.9 Å². The van der Waals surface area contributed by atoms with Crippen molar-refractivity contribution in [3.8, 4) is 11.1 Å². The predicted molar refractivity (Wildman–Crippen MR) is 142 cm³/mol. The first-order valence-electron chi connectivity index (χ1n) is 12.1. The van der Waals surface area contributed by atoms with Crippen LogP contribution in [-0.4, -0.2) is 67.2 Å². The zero-order chi connectivity index (χ0) is 26.6. The van der Waals surface area contributed by atoms with Gasteiger partial charge in [0.1, 0.15) is 11.3 Å². The molecule has 1 aromatic carbocycles. The second-order valence-corrected chi connectivity index (χ2v) is 12.8. The molecular formula is C25H31N5O5S2. The third-order valence-electron chi connectivity index (χ3n) is 5.87. The van der Waals surface area contributed by atoms with Gasteiger partial charge < -0.3 is 15.4 Å². The van der Waals surface area contributed by atoms with Crippen molar-refractivity contribution < 1.29 is 22.7 Å². The van der Waals surface area contributed by atoms with Crippen LogP contribution >= 0.6 is 11.3 Å². The number of rotatable bonds is 12. The summed E-state index contributed by atoms with van der Waals surface area (Å²) in [6, 6.07) is 5.78. The molecule has 4 rings (SSSR count). The minimum absolute atomic E-state index is 0.0596. The first-order chi connectivity index (χ1) is 17.7. The summed E-state index contributed by atoms with van der Waals surface area (Å²) in [5.41, 5.74) is 3.24. The molecule has 1 fully saturated rings. The van der Waals surface area contributed by atoms with E-state index in [2.05, 4.69) is 39.4 Å². The molecule has 0 aliphatic heterocycles. The number of hydrogen-bond donors (Lipinski definition) is 2. The molecule has 10 nitrogen and oxygen atoms in total. The van der Waals surface area contributed by atoms with Gasteiger partial charge in [0.05, 0.1) is 34.8 Å². The second kappa shape index (κ2) is 11.6. The summed E-state index contributed by atoms with van der Waals surface area (Å²) in [6.45, 7) is 3.88. The maximum Gasteiger partial charge on any atom is 0.245 e. The standard InChI is InChI=1S/C25H31N5O5S2/c1-15(2)10-19-18(12-26-14-28-19)16-4-7-21-20(11-16)30-25(36-21)23(37(33,34)9-8-35-3)24(32)27-13-22(31)29-17-5-6-17/h4,7,11-12,14-15,17,23H,5-6,8-10,13H2,1-3H3,(H,27,32)(H,29,31). The highest BCUT2D eigenvalue weighted by Crippen LogP contribution is 2.34. The van der Waals surface area contributed by atoms with Crippen LogP contribution in [-0.2, 0) is 30.6 Å². The van der Waals surface area contributed by atoms with Crippen LogP contribution in [0.4, 0.5) is 0 Å². The molecule has 37 heavy (non-hydrogen) atoms. The molecule has 2 aromatic heterocycles. The number of carbonyl (C=O) groups excluding carboxylic acids is 2. The van der Waals surface area contributed by atoms with Gasteiger partial charge in [-0.1, -0.05) is 19.9 Å². The fourth-order valence-electron chi connectivity index (χ4n) is 3.88. The molecule has 2 amide bonds. The fraction of sp³-hybridized carbons (Fsp3) is 0.480. The van der Waals surface area contributed by atoms with Crippen molar-refractivity contribution in [1.29, 1.82) is 0 Å². The quantitative estimate of drug-likeness (QED) is 0.354. The van der Waals surface area contributed by atoms with Crippen molar-refractivity contribution in [2.75, 3.05) is 26.0 Å². The fourth-order valence-corrected chi connectivity index (χ4v) is 6.80. The van der Waals surface area contributed by atoms with E-state index in [9.17, 15) is 18.0 Å². The number of amides is 2. The molecule has 1 aliphatic carbocycles. The van der Waals surface area contributed by atoms with Crippen LogP contribution in [0.1, 0.15) is 42.6 Å². The maximum absolute atomic E-state index is 13.2. The molecule has 0 spiro atoms. The van der Waals surface area contributed by atoms with Gasteiger partial charge in [-0.25, -0.2) is 23.4 Å². The number of fused-ring (bicyclic) bond motifs is 1. The number of nitrogens with one attached hydrogen (secondary N) is 2. The molecule has 3 aromatic rings. The highest BCUT2D eigenvalue weighted by atomic mass is 32.2. The normalized spacial score (nSPS) is 14.6. The number of sulfone groups is 1. The van der Waals surface area contributed by atoms with Crippen LogP contribution in [0.5, 0.6) is 0 Å². The summed E-state index contributed by atoms with van der Waals surface area (Å²) < 4.78 is 32.1. The third-order valence-corrected chi connectivity index (χ3v) is 9.01. The molecule has 0 radical (unpaired) electrons. The van der Waals surface area contributed by atoms with Crippen molar-refractivity contribution in [3.63, 3.8) is 0 Å². The number of carbonyl (C=O) groups is 2. The average molecular weight is 546 g/mol. The van der Waals surface area contributed by atoms with Gasteiger partial charge in [0, 0.05) is 24.9 Å². The Morgan fingerprint density at radius 1 is 1.24 bits per heavy atom. The number of benzene rings is 1. The minimum atomic E-state index is -3.97. The second-order valence-electron chi connectivity index (χ2n) is 9.52. The van der Waals surface area contributed by atoms with Crippen molar-refractivity contribution in [2.24, 2.45) is 5.92 Å². The molecule has 0 bridgehead atoms. The molecule has 2 heterocycles. The van der Waals surface area contributed by atoms with Crippen LogP contribution in [0, 0.1) is 5.92 Å². The van der Waals surface area contributed by atoms with Gasteiger partial charge in [0.15, 0.2) is 15.1 Å². The lowest BCUT2D eigenvalue weighted by Crippen LogP contribution is -2.41. The summed E-state index contributed by atoms with van der Waals surface area (Å²) in [5, 5.41) is 3.86. The van der Waals surface area contributed by atoms with Crippen LogP contribution in [0.2, 0.25) is 0 Å². The van der Waals surface area contributed by atoms with Gasteiger partial charge >= 0.3 is 0 Å². The Bertz CT molecular complexity index is 1390. The zero-order valence-electron chi connectivity index (χ0n) is 21.1. The Labute approximate surface area is 220 Å². The third kappa shape index (κ3) is 6.88. The van der Waals surface area contributed by atoms with E-state index in [1.807, 2.05) is 18.2 Å². The Balaban J connectivity index is 1.65. The lowest BCUT2D eigenvalue weighted by molar-refractivity contribution is -0.126. The smallest absolute Gasteiger partial charge is 0.245 e. The van der Waals surface area contributed by atoms with Crippen LogP contribution in [0.15, 0.2) is 30.7 Å². The van der Waals surface area contributed by atoms with E-state index < -0.39 is 21.0 Å².